The Hall–Kier alpha value is -1.76. The summed E-state index contributed by atoms with van der Waals surface area (Å²) in [6, 6.07) is 21.8. The van der Waals surface area contributed by atoms with Crippen molar-refractivity contribution in [3.63, 3.8) is 0 Å². The van der Waals surface area contributed by atoms with E-state index in [1.54, 1.807) is 0 Å². The molecule has 0 saturated carbocycles. The molecule has 0 radical (unpaired) electrons. The van der Waals surface area contributed by atoms with E-state index < -0.39 is 0 Å². The van der Waals surface area contributed by atoms with E-state index >= 15 is 0 Å². The van der Waals surface area contributed by atoms with Gasteiger partial charge in [-0.2, -0.15) is 0 Å². The zero-order valence-corrected chi connectivity index (χ0v) is 19.4. The SMILES string of the molecule is CCOc1cc(I)ccc1C1=NC(c2ccc(Cl)cc2)C(c2ccc(Cl)cc2)N1. The van der Waals surface area contributed by atoms with Gasteiger partial charge in [0.25, 0.3) is 0 Å². The first-order valence-corrected chi connectivity index (χ1v) is 11.2. The van der Waals surface area contributed by atoms with Gasteiger partial charge in [-0.1, -0.05) is 47.5 Å². The number of halogens is 3. The van der Waals surface area contributed by atoms with Crippen LogP contribution in [-0.4, -0.2) is 12.4 Å². The third-order valence-corrected chi connectivity index (χ3v) is 5.99. The van der Waals surface area contributed by atoms with Crippen LogP contribution in [0.5, 0.6) is 5.75 Å². The molecule has 0 aromatic heterocycles. The van der Waals surface area contributed by atoms with Crippen LogP contribution in [0.4, 0.5) is 0 Å². The summed E-state index contributed by atoms with van der Waals surface area (Å²) in [7, 11) is 0. The third kappa shape index (κ3) is 4.55. The number of hydrogen-bond donors (Lipinski definition) is 1. The molecule has 0 spiro atoms. The lowest BCUT2D eigenvalue weighted by molar-refractivity contribution is 0.339. The molecule has 0 amide bonds. The van der Waals surface area contributed by atoms with Gasteiger partial charge in [-0.25, -0.2) is 0 Å². The molecule has 0 aliphatic carbocycles. The summed E-state index contributed by atoms with van der Waals surface area (Å²) in [5.74, 6) is 1.65. The van der Waals surface area contributed by atoms with Gasteiger partial charge in [-0.3, -0.25) is 4.99 Å². The maximum absolute atomic E-state index is 6.10. The zero-order chi connectivity index (χ0) is 20.4. The summed E-state index contributed by atoms with van der Waals surface area (Å²) >= 11 is 14.5. The minimum Gasteiger partial charge on any atom is -0.493 e. The number of rotatable bonds is 5. The molecule has 0 fully saturated rings. The fourth-order valence-corrected chi connectivity index (χ4v) is 4.17. The molecular formula is C23H19Cl2IN2O. The van der Waals surface area contributed by atoms with E-state index in [9.17, 15) is 0 Å². The fraction of sp³-hybridized carbons (Fsp3) is 0.174. The summed E-state index contributed by atoms with van der Waals surface area (Å²) in [4.78, 5) is 5.06. The Labute approximate surface area is 194 Å². The van der Waals surface area contributed by atoms with Crippen molar-refractivity contribution in [3.05, 3.63) is 97.0 Å². The fourth-order valence-electron chi connectivity index (χ4n) is 3.45. The lowest BCUT2D eigenvalue weighted by Crippen LogP contribution is -2.25. The minimum absolute atomic E-state index is 0.0165. The smallest absolute Gasteiger partial charge is 0.133 e. The first-order chi connectivity index (χ1) is 14.0. The molecule has 2 unspecified atom stereocenters. The first kappa shape index (κ1) is 20.5. The summed E-state index contributed by atoms with van der Waals surface area (Å²) in [5.41, 5.74) is 3.18. The highest BCUT2D eigenvalue weighted by Crippen LogP contribution is 2.39. The Kier molecular flexibility index (Phi) is 6.32. The van der Waals surface area contributed by atoms with Crippen LogP contribution in [0.15, 0.2) is 71.7 Å². The van der Waals surface area contributed by atoms with Crippen molar-refractivity contribution in [2.75, 3.05) is 6.61 Å². The standard InChI is InChI=1S/C23H19Cl2IN2O/c1-2-29-20-13-18(26)11-12-19(20)23-27-21(14-3-7-16(24)8-4-14)22(28-23)15-5-9-17(25)10-6-15/h3-13,21-22H,2H2,1H3,(H,27,28). The van der Waals surface area contributed by atoms with Crippen molar-refractivity contribution >= 4 is 51.6 Å². The lowest BCUT2D eigenvalue weighted by Gasteiger charge is -2.20. The van der Waals surface area contributed by atoms with Gasteiger partial charge in [0, 0.05) is 13.6 Å². The Balaban J connectivity index is 1.77. The van der Waals surface area contributed by atoms with Crippen LogP contribution >= 0.6 is 45.8 Å². The van der Waals surface area contributed by atoms with Crippen molar-refractivity contribution in [1.82, 2.24) is 5.32 Å². The molecule has 148 valence electrons. The highest BCUT2D eigenvalue weighted by Gasteiger charge is 2.32. The molecule has 2 atom stereocenters. The Bertz CT molecular complexity index is 1040. The van der Waals surface area contributed by atoms with Crippen molar-refractivity contribution in [2.45, 2.75) is 19.0 Å². The van der Waals surface area contributed by atoms with E-state index in [1.807, 2.05) is 61.5 Å². The van der Waals surface area contributed by atoms with Crippen LogP contribution < -0.4 is 10.1 Å². The largest absolute Gasteiger partial charge is 0.493 e. The summed E-state index contributed by atoms with van der Waals surface area (Å²) < 4.78 is 7.01. The highest BCUT2D eigenvalue weighted by molar-refractivity contribution is 14.1. The molecule has 3 aromatic rings. The molecular weight excluding hydrogens is 518 g/mol. The summed E-state index contributed by atoms with van der Waals surface area (Å²) in [6.07, 6.45) is 0. The second kappa shape index (κ2) is 8.94. The van der Waals surface area contributed by atoms with Gasteiger partial charge in [0.05, 0.1) is 18.2 Å². The van der Waals surface area contributed by atoms with Crippen LogP contribution in [0, 0.1) is 3.57 Å². The van der Waals surface area contributed by atoms with Crippen LogP contribution in [0.3, 0.4) is 0 Å². The average molecular weight is 537 g/mol. The maximum Gasteiger partial charge on any atom is 0.133 e. The van der Waals surface area contributed by atoms with Crippen LogP contribution in [0.25, 0.3) is 0 Å². The zero-order valence-electron chi connectivity index (χ0n) is 15.7. The number of ether oxygens (including phenoxy) is 1. The Morgan fingerprint density at radius 1 is 0.931 bits per heavy atom. The van der Waals surface area contributed by atoms with Gasteiger partial charge in [0.15, 0.2) is 0 Å². The van der Waals surface area contributed by atoms with E-state index in [4.69, 9.17) is 32.9 Å². The molecule has 1 N–H and O–H groups in total. The topological polar surface area (TPSA) is 33.6 Å². The number of nitrogens with zero attached hydrogens (tertiary/aromatic N) is 1. The highest BCUT2D eigenvalue weighted by atomic mass is 127. The van der Waals surface area contributed by atoms with Crippen molar-refractivity contribution in [1.29, 1.82) is 0 Å². The quantitative estimate of drug-likeness (QED) is 0.362. The molecule has 1 heterocycles. The number of amidine groups is 1. The molecule has 3 aromatic carbocycles. The molecule has 1 aliphatic rings. The minimum atomic E-state index is -0.0859. The number of hydrogen-bond acceptors (Lipinski definition) is 3. The van der Waals surface area contributed by atoms with E-state index in [1.165, 1.54) is 0 Å². The second-order valence-corrected chi connectivity index (χ2v) is 8.84. The van der Waals surface area contributed by atoms with Gasteiger partial charge in [0.1, 0.15) is 17.6 Å². The van der Waals surface area contributed by atoms with Gasteiger partial charge < -0.3 is 10.1 Å². The molecule has 6 heteroatoms. The normalized spacial score (nSPS) is 18.3. The van der Waals surface area contributed by atoms with Gasteiger partial charge in [-0.05, 0) is 83.1 Å². The predicted octanol–water partition coefficient (Wildman–Crippen LogP) is 6.83. The van der Waals surface area contributed by atoms with Gasteiger partial charge in [-0.15, -0.1) is 0 Å². The number of nitrogens with one attached hydrogen (secondary N) is 1. The summed E-state index contributed by atoms with van der Waals surface area (Å²) in [6.45, 7) is 2.59. The Morgan fingerprint density at radius 3 is 2.17 bits per heavy atom. The predicted molar refractivity (Wildman–Crippen MR) is 128 cm³/mol. The van der Waals surface area contributed by atoms with E-state index in [-0.39, 0.29) is 12.1 Å². The third-order valence-electron chi connectivity index (χ3n) is 4.82. The van der Waals surface area contributed by atoms with E-state index in [2.05, 4.69) is 40.0 Å². The maximum atomic E-state index is 6.10. The van der Waals surface area contributed by atoms with E-state index in [0.717, 1.165) is 31.8 Å². The second-order valence-electron chi connectivity index (χ2n) is 6.72. The number of benzene rings is 3. The Morgan fingerprint density at radius 2 is 1.55 bits per heavy atom. The first-order valence-electron chi connectivity index (χ1n) is 9.33. The lowest BCUT2D eigenvalue weighted by atomic mass is 9.95. The molecule has 1 aliphatic heterocycles. The molecule has 29 heavy (non-hydrogen) atoms. The summed E-state index contributed by atoms with van der Waals surface area (Å²) in [5, 5.41) is 5.04. The van der Waals surface area contributed by atoms with E-state index in [0.29, 0.717) is 16.7 Å². The molecule has 4 rings (SSSR count). The van der Waals surface area contributed by atoms with Crippen molar-refractivity contribution < 1.29 is 4.74 Å². The van der Waals surface area contributed by atoms with Gasteiger partial charge in [0.2, 0.25) is 0 Å². The monoisotopic (exact) mass is 536 g/mol. The average Bonchev–Trinajstić information content (AvgIpc) is 3.14. The van der Waals surface area contributed by atoms with Crippen LogP contribution in [0.1, 0.15) is 35.7 Å². The van der Waals surface area contributed by atoms with Crippen molar-refractivity contribution in [3.8, 4) is 5.75 Å². The molecule has 3 nitrogen and oxygen atoms in total. The van der Waals surface area contributed by atoms with Gasteiger partial charge >= 0.3 is 0 Å². The number of aliphatic imine (C=N–C) groups is 1. The molecule has 0 saturated heterocycles. The van der Waals surface area contributed by atoms with Crippen LogP contribution in [-0.2, 0) is 0 Å². The molecule has 0 bridgehead atoms. The van der Waals surface area contributed by atoms with Crippen molar-refractivity contribution in [2.24, 2.45) is 4.99 Å². The van der Waals surface area contributed by atoms with Crippen LogP contribution in [0.2, 0.25) is 10.0 Å².